The SMILES string of the molecule is Cc1c(C(=O)NCC(CC(C)C)N2CCOCC2)oc2ccc(F)cc12. The number of aryl methyl sites for hydroxylation is 1. The molecule has 142 valence electrons. The van der Waals surface area contributed by atoms with Crippen LogP contribution in [-0.4, -0.2) is 49.7 Å². The summed E-state index contributed by atoms with van der Waals surface area (Å²) in [5.41, 5.74) is 1.20. The topological polar surface area (TPSA) is 54.7 Å². The van der Waals surface area contributed by atoms with Gasteiger partial charge < -0.3 is 14.5 Å². The highest BCUT2D eigenvalue weighted by Gasteiger charge is 2.24. The normalized spacial score (nSPS) is 17.0. The summed E-state index contributed by atoms with van der Waals surface area (Å²) in [6.45, 7) is 9.95. The molecule has 0 radical (unpaired) electrons. The minimum atomic E-state index is -0.335. The maximum atomic E-state index is 13.5. The van der Waals surface area contributed by atoms with Gasteiger partial charge in [0.2, 0.25) is 0 Å². The first kappa shape index (κ1) is 18.9. The third kappa shape index (κ3) is 4.24. The molecule has 2 heterocycles. The minimum absolute atomic E-state index is 0.249. The highest BCUT2D eigenvalue weighted by molar-refractivity contribution is 5.98. The van der Waals surface area contributed by atoms with Gasteiger partial charge in [0.1, 0.15) is 11.4 Å². The average Bonchev–Trinajstić information content (AvgIpc) is 2.95. The molecular formula is C20H27FN2O3. The van der Waals surface area contributed by atoms with Gasteiger partial charge in [-0.1, -0.05) is 13.8 Å². The second kappa shape index (κ2) is 8.18. The molecule has 0 aliphatic carbocycles. The molecule has 3 rings (SSSR count). The lowest BCUT2D eigenvalue weighted by molar-refractivity contribution is 0.0124. The summed E-state index contributed by atoms with van der Waals surface area (Å²) < 4.78 is 24.5. The molecule has 1 atom stereocenters. The summed E-state index contributed by atoms with van der Waals surface area (Å²) in [6.07, 6.45) is 1.00. The van der Waals surface area contributed by atoms with Crippen molar-refractivity contribution >= 4 is 16.9 Å². The summed E-state index contributed by atoms with van der Waals surface area (Å²) in [4.78, 5) is 15.0. The first-order chi connectivity index (χ1) is 12.5. The van der Waals surface area contributed by atoms with E-state index in [4.69, 9.17) is 9.15 Å². The summed E-state index contributed by atoms with van der Waals surface area (Å²) >= 11 is 0. The monoisotopic (exact) mass is 362 g/mol. The summed E-state index contributed by atoms with van der Waals surface area (Å²) in [5, 5.41) is 3.65. The quantitative estimate of drug-likeness (QED) is 0.856. The predicted octanol–water partition coefficient (Wildman–Crippen LogP) is 3.36. The molecule has 1 aromatic heterocycles. The average molecular weight is 362 g/mol. The zero-order valence-electron chi connectivity index (χ0n) is 15.7. The smallest absolute Gasteiger partial charge is 0.287 e. The van der Waals surface area contributed by atoms with Gasteiger partial charge in [-0.15, -0.1) is 0 Å². The zero-order valence-corrected chi connectivity index (χ0v) is 15.7. The van der Waals surface area contributed by atoms with Gasteiger partial charge in [-0.2, -0.15) is 0 Å². The second-order valence-electron chi connectivity index (χ2n) is 7.34. The third-order valence-electron chi connectivity index (χ3n) is 4.91. The number of carbonyl (C=O) groups excluding carboxylic acids is 1. The molecule has 0 saturated carbocycles. The zero-order chi connectivity index (χ0) is 18.7. The number of hydrogen-bond acceptors (Lipinski definition) is 4. The van der Waals surface area contributed by atoms with Crippen molar-refractivity contribution in [3.05, 3.63) is 35.3 Å². The largest absolute Gasteiger partial charge is 0.451 e. The number of nitrogens with one attached hydrogen (secondary N) is 1. The fraction of sp³-hybridized carbons (Fsp3) is 0.550. The Hall–Kier alpha value is -1.92. The highest BCUT2D eigenvalue weighted by Crippen LogP contribution is 2.26. The molecule has 5 nitrogen and oxygen atoms in total. The minimum Gasteiger partial charge on any atom is -0.451 e. The van der Waals surface area contributed by atoms with Crippen molar-refractivity contribution in [1.29, 1.82) is 0 Å². The van der Waals surface area contributed by atoms with E-state index in [0.717, 1.165) is 32.7 Å². The predicted molar refractivity (Wildman–Crippen MR) is 98.9 cm³/mol. The van der Waals surface area contributed by atoms with E-state index >= 15 is 0 Å². The number of rotatable bonds is 6. The van der Waals surface area contributed by atoms with Crippen LogP contribution in [0, 0.1) is 18.7 Å². The van der Waals surface area contributed by atoms with Crippen LogP contribution in [0.1, 0.15) is 36.4 Å². The van der Waals surface area contributed by atoms with Gasteiger partial charge in [0, 0.05) is 36.6 Å². The van der Waals surface area contributed by atoms with Crippen molar-refractivity contribution in [2.45, 2.75) is 33.2 Å². The van der Waals surface area contributed by atoms with E-state index in [0.29, 0.717) is 29.0 Å². The van der Waals surface area contributed by atoms with Crippen LogP contribution >= 0.6 is 0 Å². The molecule has 26 heavy (non-hydrogen) atoms. The van der Waals surface area contributed by atoms with Crippen LogP contribution in [0.5, 0.6) is 0 Å². The fourth-order valence-electron chi connectivity index (χ4n) is 3.55. The number of nitrogens with zero attached hydrogens (tertiary/aromatic N) is 1. The Balaban J connectivity index is 1.70. The van der Waals surface area contributed by atoms with Gasteiger partial charge in [-0.25, -0.2) is 4.39 Å². The van der Waals surface area contributed by atoms with E-state index in [1.54, 1.807) is 13.0 Å². The van der Waals surface area contributed by atoms with Gasteiger partial charge in [-0.3, -0.25) is 9.69 Å². The fourth-order valence-corrected chi connectivity index (χ4v) is 3.55. The lowest BCUT2D eigenvalue weighted by atomic mass is 10.0. The molecule has 6 heteroatoms. The number of morpholine rings is 1. The number of ether oxygens (including phenoxy) is 1. The van der Waals surface area contributed by atoms with E-state index in [1.807, 2.05) is 0 Å². The molecule has 1 aromatic carbocycles. The number of halogens is 1. The van der Waals surface area contributed by atoms with Crippen LogP contribution in [0.25, 0.3) is 11.0 Å². The number of carbonyl (C=O) groups is 1. The Bertz CT molecular complexity index is 766. The van der Waals surface area contributed by atoms with Crippen LogP contribution in [0.3, 0.4) is 0 Å². The van der Waals surface area contributed by atoms with Crippen LogP contribution in [0.15, 0.2) is 22.6 Å². The van der Waals surface area contributed by atoms with Crippen molar-refractivity contribution in [3.8, 4) is 0 Å². The maximum Gasteiger partial charge on any atom is 0.287 e. The van der Waals surface area contributed by atoms with Crippen LogP contribution in [-0.2, 0) is 4.74 Å². The molecule has 0 spiro atoms. The Morgan fingerprint density at radius 2 is 2.04 bits per heavy atom. The molecule has 1 aliphatic heterocycles. The summed E-state index contributed by atoms with van der Waals surface area (Å²) in [7, 11) is 0. The molecular weight excluding hydrogens is 335 g/mol. The molecule has 1 N–H and O–H groups in total. The molecule has 1 unspecified atom stereocenters. The number of fused-ring (bicyclic) bond motifs is 1. The lowest BCUT2D eigenvalue weighted by Gasteiger charge is -2.35. The molecule has 2 aromatic rings. The van der Waals surface area contributed by atoms with Crippen molar-refractivity contribution in [3.63, 3.8) is 0 Å². The molecule has 1 aliphatic rings. The second-order valence-corrected chi connectivity index (χ2v) is 7.34. The molecule has 1 amide bonds. The van der Waals surface area contributed by atoms with Crippen molar-refractivity contribution in [1.82, 2.24) is 10.2 Å². The Morgan fingerprint density at radius 3 is 2.73 bits per heavy atom. The first-order valence-electron chi connectivity index (χ1n) is 9.24. The van der Waals surface area contributed by atoms with Gasteiger partial charge in [0.15, 0.2) is 5.76 Å². The number of hydrogen-bond donors (Lipinski definition) is 1. The van der Waals surface area contributed by atoms with Gasteiger partial charge in [0.25, 0.3) is 5.91 Å². The van der Waals surface area contributed by atoms with E-state index in [9.17, 15) is 9.18 Å². The summed E-state index contributed by atoms with van der Waals surface area (Å²) in [5.74, 6) is 0.213. The van der Waals surface area contributed by atoms with E-state index in [-0.39, 0.29) is 23.5 Å². The van der Waals surface area contributed by atoms with Gasteiger partial charge >= 0.3 is 0 Å². The maximum absolute atomic E-state index is 13.5. The Morgan fingerprint density at radius 1 is 1.31 bits per heavy atom. The molecule has 0 bridgehead atoms. The van der Waals surface area contributed by atoms with Gasteiger partial charge in [-0.05, 0) is 37.5 Å². The van der Waals surface area contributed by atoms with E-state index in [1.165, 1.54) is 12.1 Å². The van der Waals surface area contributed by atoms with E-state index in [2.05, 4.69) is 24.1 Å². The van der Waals surface area contributed by atoms with E-state index < -0.39 is 0 Å². The van der Waals surface area contributed by atoms with Crippen LogP contribution < -0.4 is 5.32 Å². The lowest BCUT2D eigenvalue weighted by Crippen LogP contribution is -2.49. The summed E-state index contributed by atoms with van der Waals surface area (Å²) in [6, 6.07) is 4.57. The Labute approximate surface area is 153 Å². The van der Waals surface area contributed by atoms with Crippen molar-refractivity contribution < 1.29 is 18.3 Å². The number of amides is 1. The molecule has 1 saturated heterocycles. The first-order valence-corrected chi connectivity index (χ1v) is 9.24. The van der Waals surface area contributed by atoms with Crippen LogP contribution in [0.2, 0.25) is 0 Å². The number of furan rings is 1. The standard InChI is InChI=1S/C20H27FN2O3/c1-13(2)10-16(23-6-8-25-9-7-23)12-22-20(24)19-14(3)17-11-15(21)4-5-18(17)26-19/h4-5,11,13,16H,6-10,12H2,1-3H3,(H,22,24). The molecule has 1 fully saturated rings. The van der Waals surface area contributed by atoms with Crippen molar-refractivity contribution in [2.24, 2.45) is 5.92 Å². The van der Waals surface area contributed by atoms with Crippen molar-refractivity contribution in [2.75, 3.05) is 32.8 Å². The number of benzene rings is 1. The highest BCUT2D eigenvalue weighted by atomic mass is 19.1. The third-order valence-corrected chi connectivity index (χ3v) is 4.91. The Kier molecular flexibility index (Phi) is 5.94. The van der Waals surface area contributed by atoms with Gasteiger partial charge in [0.05, 0.1) is 13.2 Å². The van der Waals surface area contributed by atoms with Crippen LogP contribution in [0.4, 0.5) is 4.39 Å².